The van der Waals surface area contributed by atoms with Crippen molar-refractivity contribution in [3.63, 3.8) is 0 Å². The first-order chi connectivity index (χ1) is 14.9. The zero-order valence-electron chi connectivity index (χ0n) is 18.4. The molecule has 0 radical (unpaired) electrons. The predicted molar refractivity (Wildman–Crippen MR) is 124 cm³/mol. The maximum Gasteiger partial charge on any atom is 0.311 e. The molecule has 6 rings (SSSR count). The predicted octanol–water partition coefficient (Wildman–Crippen LogP) is 2.78. The van der Waals surface area contributed by atoms with E-state index in [1.54, 1.807) is 0 Å². The molecule has 5 atom stereocenters. The second-order valence-corrected chi connectivity index (χ2v) is 10.3. The molecule has 5 aliphatic rings. The smallest absolute Gasteiger partial charge is 0.311 e. The van der Waals surface area contributed by atoms with Crippen LogP contribution in [-0.2, 0) is 16.1 Å². The van der Waals surface area contributed by atoms with Gasteiger partial charge in [0.15, 0.2) is 5.11 Å². The van der Waals surface area contributed by atoms with Crippen LogP contribution in [0.25, 0.3) is 0 Å². The van der Waals surface area contributed by atoms with Gasteiger partial charge in [-0.15, -0.1) is 0 Å². The van der Waals surface area contributed by atoms with Crippen molar-refractivity contribution in [1.82, 2.24) is 9.80 Å². The van der Waals surface area contributed by atoms with Crippen molar-refractivity contribution >= 4 is 29.0 Å². The number of rotatable bonds is 5. The van der Waals surface area contributed by atoms with Gasteiger partial charge < -0.3 is 24.5 Å². The summed E-state index contributed by atoms with van der Waals surface area (Å²) in [6, 6.07) is 8.46. The van der Waals surface area contributed by atoms with E-state index in [1.165, 1.54) is 37.7 Å². The molecule has 7 heteroatoms. The Morgan fingerprint density at radius 1 is 1.10 bits per heavy atom. The highest BCUT2D eigenvalue weighted by Gasteiger charge is 2.62. The average molecular weight is 444 g/mol. The van der Waals surface area contributed by atoms with Crippen LogP contribution in [0.1, 0.15) is 44.1 Å². The van der Waals surface area contributed by atoms with E-state index in [0.29, 0.717) is 18.9 Å². The normalized spacial score (nSPS) is 32.9. The zero-order valence-corrected chi connectivity index (χ0v) is 19.3. The van der Waals surface area contributed by atoms with E-state index in [-0.39, 0.29) is 24.0 Å². The number of carbonyl (C=O) groups is 1. The lowest BCUT2D eigenvalue weighted by Gasteiger charge is -2.49. The third-order valence-electron chi connectivity index (χ3n) is 7.72. The van der Waals surface area contributed by atoms with Crippen molar-refractivity contribution < 1.29 is 14.6 Å². The Labute approximate surface area is 190 Å². The minimum Gasteiger partial charge on any atom is -0.457 e. The van der Waals surface area contributed by atoms with Gasteiger partial charge in [-0.2, -0.15) is 0 Å². The Hall–Kier alpha value is -1.86. The quantitative estimate of drug-likeness (QED) is 0.555. The van der Waals surface area contributed by atoms with Crippen LogP contribution in [-0.4, -0.2) is 70.9 Å². The minimum absolute atomic E-state index is 0.0186. The highest BCUT2D eigenvalue weighted by atomic mass is 32.1. The SMILES string of the molecule is CN(C)c1ccc(CN2C(=S)N(CC3CCCCC3)[C@H]3[C@@H]2[C@H]2OC(=O)[C@H]3C[C@H]2O)cc1. The molecular formula is C24H33N3O3S. The van der Waals surface area contributed by atoms with Crippen molar-refractivity contribution in [2.45, 2.75) is 69.4 Å². The van der Waals surface area contributed by atoms with Gasteiger partial charge in [-0.3, -0.25) is 4.79 Å². The summed E-state index contributed by atoms with van der Waals surface area (Å²) >= 11 is 6.02. The summed E-state index contributed by atoms with van der Waals surface area (Å²) in [5.41, 5.74) is 2.33. The Kier molecular flexibility index (Phi) is 5.59. The van der Waals surface area contributed by atoms with Gasteiger partial charge in [-0.25, -0.2) is 0 Å². The summed E-state index contributed by atoms with van der Waals surface area (Å²) in [6.45, 7) is 1.59. The van der Waals surface area contributed by atoms with Crippen LogP contribution in [0.2, 0.25) is 0 Å². The lowest BCUT2D eigenvalue weighted by atomic mass is 9.74. The number of ether oxygens (including phenoxy) is 1. The van der Waals surface area contributed by atoms with Gasteiger partial charge in [-0.05, 0) is 55.1 Å². The van der Waals surface area contributed by atoms with E-state index in [9.17, 15) is 9.90 Å². The molecule has 1 aromatic carbocycles. The molecule has 0 spiro atoms. The number of esters is 1. The van der Waals surface area contributed by atoms with Crippen molar-refractivity contribution in [3.8, 4) is 0 Å². The first-order valence-corrected chi connectivity index (χ1v) is 12.1. The molecule has 2 saturated carbocycles. The van der Waals surface area contributed by atoms with Gasteiger partial charge in [-0.1, -0.05) is 31.4 Å². The van der Waals surface area contributed by atoms with Crippen LogP contribution in [0.3, 0.4) is 0 Å². The fourth-order valence-corrected chi connectivity index (χ4v) is 6.48. The highest BCUT2D eigenvalue weighted by molar-refractivity contribution is 7.80. The standard InChI is InChI=1S/C24H33N3O3S/c1-25(2)17-10-8-16(9-11-17)14-27-21-20(18-12-19(28)22(21)30-23(18)29)26(24(27)31)13-15-6-4-3-5-7-15/h8-11,15,18-22,28H,3-7,12-14H2,1-2H3/t18-,19+,20+,21+,22-/m0/s1. The van der Waals surface area contributed by atoms with E-state index in [2.05, 4.69) is 39.0 Å². The molecule has 1 N–H and O–H groups in total. The molecule has 2 aliphatic carbocycles. The topological polar surface area (TPSA) is 56.2 Å². The monoisotopic (exact) mass is 443 g/mol. The second-order valence-electron chi connectivity index (χ2n) is 9.92. The van der Waals surface area contributed by atoms with Crippen molar-refractivity contribution in [3.05, 3.63) is 29.8 Å². The molecule has 0 aromatic heterocycles. The van der Waals surface area contributed by atoms with Gasteiger partial charge in [0, 0.05) is 32.9 Å². The number of thiocarbonyl (C=S) groups is 1. The molecule has 168 valence electrons. The first kappa shape index (κ1) is 21.0. The van der Waals surface area contributed by atoms with Gasteiger partial charge in [0.05, 0.1) is 24.1 Å². The van der Waals surface area contributed by atoms with E-state index in [1.807, 2.05) is 14.1 Å². The number of benzene rings is 1. The Balaban J connectivity index is 1.43. The van der Waals surface area contributed by atoms with Crippen LogP contribution in [0.5, 0.6) is 0 Å². The summed E-state index contributed by atoms with van der Waals surface area (Å²) in [6.07, 6.45) is 5.75. The molecule has 2 bridgehead atoms. The number of hydrogen-bond donors (Lipinski definition) is 1. The summed E-state index contributed by atoms with van der Waals surface area (Å²) in [7, 11) is 4.07. The molecule has 6 nitrogen and oxygen atoms in total. The van der Waals surface area contributed by atoms with Crippen LogP contribution >= 0.6 is 12.2 Å². The van der Waals surface area contributed by atoms with Crippen molar-refractivity contribution in [2.75, 3.05) is 25.5 Å². The Morgan fingerprint density at radius 2 is 1.81 bits per heavy atom. The van der Waals surface area contributed by atoms with Crippen LogP contribution in [0.4, 0.5) is 5.69 Å². The largest absolute Gasteiger partial charge is 0.457 e. The number of nitrogens with zero attached hydrogens (tertiary/aromatic N) is 3. The average Bonchev–Trinajstić information content (AvgIpc) is 3.03. The number of anilines is 1. The number of carbonyl (C=O) groups excluding carboxylic acids is 1. The molecule has 5 fully saturated rings. The first-order valence-electron chi connectivity index (χ1n) is 11.7. The molecular weight excluding hydrogens is 410 g/mol. The number of fused-ring (bicyclic) bond motifs is 2. The molecule has 1 aromatic rings. The maximum atomic E-state index is 12.6. The van der Waals surface area contributed by atoms with Crippen LogP contribution in [0, 0.1) is 11.8 Å². The van der Waals surface area contributed by atoms with Crippen molar-refractivity contribution in [1.29, 1.82) is 0 Å². The van der Waals surface area contributed by atoms with E-state index >= 15 is 0 Å². The summed E-state index contributed by atoms with van der Waals surface area (Å²) in [4.78, 5) is 19.3. The lowest BCUT2D eigenvalue weighted by Crippen LogP contribution is -2.66. The summed E-state index contributed by atoms with van der Waals surface area (Å²) in [5.74, 6) is 0.172. The molecule has 0 amide bonds. The molecule has 3 heterocycles. The molecule has 3 saturated heterocycles. The fraction of sp³-hybridized carbons (Fsp3) is 0.667. The molecule has 31 heavy (non-hydrogen) atoms. The molecule has 0 unspecified atom stereocenters. The van der Waals surface area contributed by atoms with E-state index in [0.717, 1.165) is 17.3 Å². The zero-order chi connectivity index (χ0) is 21.7. The van der Waals surface area contributed by atoms with Gasteiger partial charge in [0.2, 0.25) is 0 Å². The van der Waals surface area contributed by atoms with Gasteiger partial charge in [0.1, 0.15) is 6.10 Å². The third kappa shape index (κ3) is 3.69. The Morgan fingerprint density at radius 3 is 2.48 bits per heavy atom. The van der Waals surface area contributed by atoms with E-state index in [4.69, 9.17) is 17.0 Å². The van der Waals surface area contributed by atoms with E-state index < -0.39 is 12.2 Å². The lowest BCUT2D eigenvalue weighted by molar-refractivity contribution is -0.199. The number of hydrogen-bond acceptors (Lipinski definition) is 5. The van der Waals surface area contributed by atoms with Gasteiger partial charge >= 0.3 is 5.97 Å². The summed E-state index contributed by atoms with van der Waals surface area (Å²) in [5, 5.41) is 11.5. The molecule has 3 aliphatic heterocycles. The third-order valence-corrected chi connectivity index (χ3v) is 8.19. The Bertz CT molecular complexity index is 839. The summed E-state index contributed by atoms with van der Waals surface area (Å²) < 4.78 is 5.69. The van der Waals surface area contributed by atoms with Crippen LogP contribution < -0.4 is 4.90 Å². The van der Waals surface area contributed by atoms with Gasteiger partial charge in [0.25, 0.3) is 0 Å². The minimum atomic E-state index is -0.611. The highest BCUT2D eigenvalue weighted by Crippen LogP contribution is 2.45. The van der Waals surface area contributed by atoms with Crippen molar-refractivity contribution in [2.24, 2.45) is 11.8 Å². The van der Waals surface area contributed by atoms with Crippen LogP contribution in [0.15, 0.2) is 24.3 Å². The number of aliphatic hydroxyl groups excluding tert-OH is 1. The second kappa shape index (κ2) is 8.24. The fourth-order valence-electron chi connectivity index (χ4n) is 6.10. The maximum absolute atomic E-state index is 12.6. The number of aliphatic hydroxyl groups is 1.